The van der Waals surface area contributed by atoms with Crippen LogP contribution < -0.4 is 20.1 Å². The number of anilines is 1. The second-order valence-electron chi connectivity index (χ2n) is 8.67. The van der Waals surface area contributed by atoms with E-state index >= 15 is 0 Å². The summed E-state index contributed by atoms with van der Waals surface area (Å²) in [6.45, 7) is 0.558. The molecule has 5 aliphatic rings. The first-order valence-corrected chi connectivity index (χ1v) is 10.1. The third-order valence-corrected chi connectivity index (χ3v) is 7.26. The van der Waals surface area contributed by atoms with Gasteiger partial charge in [0.25, 0.3) is 0 Å². The highest BCUT2D eigenvalue weighted by atomic mass is 16.7. The second kappa shape index (κ2) is 6.65. The first-order chi connectivity index (χ1) is 13.6. The molecule has 0 unspecified atom stereocenters. The van der Waals surface area contributed by atoms with Crippen molar-refractivity contribution in [2.45, 2.75) is 37.7 Å². The first-order valence-electron chi connectivity index (χ1n) is 10.1. The second-order valence-corrected chi connectivity index (χ2v) is 8.67. The topological polar surface area (TPSA) is 85.9 Å². The van der Waals surface area contributed by atoms with Crippen LogP contribution in [0, 0.1) is 23.7 Å². The Morgan fingerprint density at radius 1 is 1.04 bits per heavy atom. The summed E-state index contributed by atoms with van der Waals surface area (Å²) in [7, 11) is 1.75. The molecule has 4 aliphatic carbocycles. The lowest BCUT2D eigenvalue weighted by molar-refractivity contribution is -0.188. The van der Waals surface area contributed by atoms with Crippen molar-refractivity contribution >= 4 is 17.5 Å². The number of methoxy groups -OCH3 is 1. The average molecular weight is 386 g/mol. The van der Waals surface area contributed by atoms with Gasteiger partial charge < -0.3 is 24.8 Å². The fourth-order valence-electron chi connectivity index (χ4n) is 6.14. The molecule has 0 saturated heterocycles. The van der Waals surface area contributed by atoms with Gasteiger partial charge in [-0.3, -0.25) is 9.59 Å². The quantitative estimate of drug-likeness (QED) is 0.776. The summed E-state index contributed by atoms with van der Waals surface area (Å²) in [5, 5.41) is 5.47. The number of carbonyl (C=O) groups is 2. The molecule has 28 heavy (non-hydrogen) atoms. The Bertz CT molecular complexity index is 780. The Kier molecular flexibility index (Phi) is 4.23. The first kappa shape index (κ1) is 17.8. The molecule has 0 radical (unpaired) electrons. The van der Waals surface area contributed by atoms with Crippen molar-refractivity contribution < 1.29 is 23.8 Å². The van der Waals surface area contributed by atoms with Crippen LogP contribution in [-0.2, 0) is 14.3 Å². The molecule has 0 aromatic heterocycles. The van der Waals surface area contributed by atoms with Crippen LogP contribution in [0.4, 0.5) is 5.69 Å². The molecule has 150 valence electrons. The molecule has 1 aliphatic heterocycles. The maximum absolute atomic E-state index is 12.4. The maximum atomic E-state index is 12.4. The molecular formula is C21H26N2O5. The molecule has 1 aromatic carbocycles. The Morgan fingerprint density at radius 2 is 1.71 bits per heavy atom. The summed E-state index contributed by atoms with van der Waals surface area (Å²) in [5.41, 5.74) is 0.169. The highest BCUT2D eigenvalue weighted by molar-refractivity contribution is 6.39. The molecule has 6 rings (SSSR count). The highest BCUT2D eigenvalue weighted by Gasteiger charge is 2.57. The van der Waals surface area contributed by atoms with Gasteiger partial charge in [0.15, 0.2) is 11.5 Å². The van der Waals surface area contributed by atoms with Crippen molar-refractivity contribution in [1.82, 2.24) is 5.32 Å². The van der Waals surface area contributed by atoms with Gasteiger partial charge in [0.05, 0.1) is 5.60 Å². The van der Waals surface area contributed by atoms with E-state index in [1.807, 2.05) is 0 Å². The molecule has 7 nitrogen and oxygen atoms in total. The molecule has 4 fully saturated rings. The molecular weight excluding hydrogens is 360 g/mol. The van der Waals surface area contributed by atoms with Gasteiger partial charge in [-0.15, -0.1) is 0 Å². The van der Waals surface area contributed by atoms with E-state index in [9.17, 15) is 9.59 Å². The van der Waals surface area contributed by atoms with Gasteiger partial charge in [-0.05, 0) is 67.9 Å². The summed E-state index contributed by atoms with van der Waals surface area (Å²) < 4.78 is 16.6. The molecule has 2 N–H and O–H groups in total. The van der Waals surface area contributed by atoms with Crippen molar-refractivity contribution in [3.05, 3.63) is 18.2 Å². The number of amides is 2. The maximum Gasteiger partial charge on any atom is 0.313 e. The smallest absolute Gasteiger partial charge is 0.313 e. The van der Waals surface area contributed by atoms with Crippen LogP contribution in [0.1, 0.15) is 32.1 Å². The Hall–Kier alpha value is -2.28. The summed E-state index contributed by atoms with van der Waals surface area (Å²) >= 11 is 0. The average Bonchev–Trinajstić information content (AvgIpc) is 3.15. The van der Waals surface area contributed by atoms with E-state index in [1.165, 1.54) is 32.1 Å². The standard InChI is InChI=1S/C21H26N2O5/c1-26-21(14-5-12-4-13(7-14)8-15(21)6-12)10-22-19(24)20(25)23-16-2-3-17-18(9-16)28-11-27-17/h2-3,9,12-15H,4-8,10-11H2,1H3,(H,22,24)(H,23,25). The number of hydrogen-bond acceptors (Lipinski definition) is 5. The van der Waals surface area contributed by atoms with E-state index < -0.39 is 11.8 Å². The zero-order chi connectivity index (χ0) is 19.3. The van der Waals surface area contributed by atoms with Crippen molar-refractivity contribution in [2.24, 2.45) is 23.7 Å². The largest absolute Gasteiger partial charge is 0.454 e. The zero-order valence-electron chi connectivity index (χ0n) is 16.0. The molecule has 7 heteroatoms. The van der Waals surface area contributed by atoms with Gasteiger partial charge in [-0.2, -0.15) is 0 Å². The minimum Gasteiger partial charge on any atom is -0.454 e. The molecule has 4 bridgehead atoms. The van der Waals surface area contributed by atoms with E-state index in [1.54, 1.807) is 25.3 Å². The van der Waals surface area contributed by atoms with Crippen LogP contribution in [0.25, 0.3) is 0 Å². The fourth-order valence-corrected chi connectivity index (χ4v) is 6.14. The Balaban J connectivity index is 1.22. The van der Waals surface area contributed by atoms with Crippen LogP contribution in [0.5, 0.6) is 11.5 Å². The number of nitrogens with one attached hydrogen (secondary N) is 2. The van der Waals surface area contributed by atoms with Crippen molar-refractivity contribution in [2.75, 3.05) is 25.8 Å². The van der Waals surface area contributed by atoms with Crippen LogP contribution in [-0.4, -0.2) is 37.9 Å². The fraction of sp³-hybridized carbons (Fsp3) is 0.619. The minimum absolute atomic E-state index is 0.163. The number of hydrogen-bond donors (Lipinski definition) is 2. The van der Waals surface area contributed by atoms with Crippen molar-refractivity contribution in [3.63, 3.8) is 0 Å². The molecule has 2 amide bonds. The highest BCUT2D eigenvalue weighted by Crippen LogP contribution is 2.59. The lowest BCUT2D eigenvalue weighted by Gasteiger charge is -2.60. The lowest BCUT2D eigenvalue weighted by Crippen LogP contribution is -2.63. The number of fused-ring (bicyclic) bond motifs is 1. The number of carbonyl (C=O) groups excluding carboxylic acids is 2. The normalized spacial score (nSPS) is 34.3. The summed E-state index contributed by atoms with van der Waals surface area (Å²) in [5.74, 6) is 2.46. The monoisotopic (exact) mass is 386 g/mol. The Labute approximate surface area is 164 Å². The van der Waals surface area contributed by atoms with E-state index in [4.69, 9.17) is 14.2 Å². The van der Waals surface area contributed by atoms with Gasteiger partial charge >= 0.3 is 11.8 Å². The predicted molar refractivity (Wildman–Crippen MR) is 101 cm³/mol. The number of rotatable bonds is 4. The van der Waals surface area contributed by atoms with E-state index in [-0.39, 0.29) is 12.4 Å². The van der Waals surface area contributed by atoms with Gasteiger partial charge in [-0.1, -0.05) is 0 Å². The summed E-state index contributed by atoms with van der Waals surface area (Å²) in [4.78, 5) is 24.8. The molecule has 4 saturated carbocycles. The van der Waals surface area contributed by atoms with E-state index in [2.05, 4.69) is 10.6 Å². The minimum atomic E-state index is -0.686. The van der Waals surface area contributed by atoms with Gasteiger partial charge in [-0.25, -0.2) is 0 Å². The van der Waals surface area contributed by atoms with E-state index in [0.717, 1.165) is 11.8 Å². The number of benzene rings is 1. The van der Waals surface area contributed by atoms with Crippen LogP contribution in [0.2, 0.25) is 0 Å². The molecule has 0 atom stereocenters. The SMILES string of the molecule is COC1(CNC(=O)C(=O)Nc2ccc3c(c2)OCO3)C2CC3CC(C2)CC1C3. The third kappa shape index (κ3) is 2.83. The molecule has 1 aromatic rings. The summed E-state index contributed by atoms with van der Waals surface area (Å²) in [6.07, 6.45) is 6.08. The Morgan fingerprint density at radius 3 is 2.39 bits per heavy atom. The lowest BCUT2D eigenvalue weighted by atomic mass is 9.49. The molecule has 0 spiro atoms. The van der Waals surface area contributed by atoms with E-state index in [0.29, 0.717) is 35.6 Å². The van der Waals surface area contributed by atoms with Gasteiger partial charge in [0, 0.05) is 25.4 Å². The summed E-state index contributed by atoms with van der Waals surface area (Å²) in [6, 6.07) is 5.05. The van der Waals surface area contributed by atoms with Gasteiger partial charge in [0.1, 0.15) is 0 Å². The van der Waals surface area contributed by atoms with Crippen molar-refractivity contribution in [1.29, 1.82) is 0 Å². The van der Waals surface area contributed by atoms with Crippen LogP contribution in [0.15, 0.2) is 18.2 Å². The third-order valence-electron chi connectivity index (χ3n) is 7.26. The number of ether oxygens (including phenoxy) is 3. The van der Waals surface area contributed by atoms with Crippen LogP contribution in [0.3, 0.4) is 0 Å². The van der Waals surface area contributed by atoms with Crippen molar-refractivity contribution in [3.8, 4) is 11.5 Å². The predicted octanol–water partition coefficient (Wildman–Crippen LogP) is 2.31. The van der Waals surface area contributed by atoms with Gasteiger partial charge in [0.2, 0.25) is 6.79 Å². The zero-order valence-corrected chi connectivity index (χ0v) is 16.0. The van der Waals surface area contributed by atoms with Crippen LogP contribution >= 0.6 is 0 Å². The molecule has 1 heterocycles.